The molecule has 0 unspecified atom stereocenters. The molecule has 0 atom stereocenters. The molecule has 0 N–H and O–H groups in total. The Morgan fingerprint density at radius 1 is 0.886 bits per heavy atom. The summed E-state index contributed by atoms with van der Waals surface area (Å²) in [6.45, 7) is 4.10. The molecule has 0 spiro atoms. The van der Waals surface area contributed by atoms with Crippen LogP contribution in [0.5, 0.6) is 0 Å². The number of carbonyl (C=O) groups is 1. The Labute approximate surface area is 204 Å². The summed E-state index contributed by atoms with van der Waals surface area (Å²) >= 11 is 0. The first-order chi connectivity index (χ1) is 16.9. The minimum absolute atomic E-state index is 0.165. The van der Waals surface area contributed by atoms with Gasteiger partial charge in [-0.15, -0.1) is 0 Å². The molecular weight excluding hydrogens is 469 g/mol. The van der Waals surface area contributed by atoms with Crippen molar-refractivity contribution in [2.45, 2.75) is 11.4 Å². The Morgan fingerprint density at radius 3 is 2.37 bits per heavy atom. The average molecular weight is 498 g/mol. The second-order valence-electron chi connectivity index (χ2n) is 8.87. The van der Waals surface area contributed by atoms with E-state index in [0.717, 1.165) is 12.6 Å². The topological polar surface area (TPSA) is 70.2 Å². The maximum atomic E-state index is 14.5. The molecule has 3 aromatic carbocycles. The molecule has 2 fully saturated rings. The fourth-order valence-corrected chi connectivity index (χ4v) is 6.22. The summed E-state index contributed by atoms with van der Waals surface area (Å²) in [5, 5.41) is 2.44. The first-order valence-electron chi connectivity index (χ1n) is 11.8. The Hall–Kier alpha value is -2.85. The van der Waals surface area contributed by atoms with Crippen LogP contribution in [0.4, 0.5) is 4.39 Å². The number of carbonyl (C=O) groups excluding carboxylic acids is 1. The van der Waals surface area contributed by atoms with Gasteiger partial charge in [-0.05, 0) is 34.5 Å². The normalized spacial score (nSPS) is 18.1. The fraction of sp³-hybridized carbons (Fsp3) is 0.346. The Morgan fingerprint density at radius 2 is 1.60 bits per heavy atom. The highest BCUT2D eigenvalue weighted by Crippen LogP contribution is 2.24. The molecule has 2 heterocycles. The lowest BCUT2D eigenvalue weighted by molar-refractivity contribution is 0.0628. The number of hydrogen-bond acceptors (Lipinski definition) is 5. The number of sulfonamides is 1. The summed E-state index contributed by atoms with van der Waals surface area (Å²) in [7, 11) is -4.04. The lowest BCUT2D eigenvalue weighted by Gasteiger charge is -2.35. The standard InChI is InChI=1S/C26H28FN3O4S/c27-24-9-8-21(18-25(24)35(32,33)30-14-16-34-17-15-30)26(31)29-12-10-28(11-13-29)19-22-6-3-5-20-4-1-2-7-23(20)22/h1-9,18H,10-17,19H2. The van der Waals surface area contributed by atoms with Crippen LogP contribution in [0.3, 0.4) is 0 Å². The summed E-state index contributed by atoms with van der Waals surface area (Å²) < 4.78 is 46.9. The van der Waals surface area contributed by atoms with Gasteiger partial charge in [-0.2, -0.15) is 4.31 Å². The van der Waals surface area contributed by atoms with Crippen LogP contribution in [0.15, 0.2) is 65.6 Å². The van der Waals surface area contributed by atoms with Crippen LogP contribution in [0.25, 0.3) is 10.8 Å². The van der Waals surface area contributed by atoms with Gasteiger partial charge in [0.05, 0.1) is 13.2 Å². The molecule has 5 rings (SSSR count). The number of morpholine rings is 1. The van der Waals surface area contributed by atoms with Crippen LogP contribution in [0.2, 0.25) is 0 Å². The van der Waals surface area contributed by atoms with E-state index in [1.807, 2.05) is 12.1 Å². The van der Waals surface area contributed by atoms with Crippen LogP contribution in [0.1, 0.15) is 15.9 Å². The molecule has 2 aliphatic rings. The highest BCUT2D eigenvalue weighted by molar-refractivity contribution is 7.89. The third kappa shape index (κ3) is 4.95. The molecular formula is C26H28FN3O4S. The highest BCUT2D eigenvalue weighted by Gasteiger charge is 2.31. The molecule has 3 aromatic rings. The van der Waals surface area contributed by atoms with E-state index < -0.39 is 20.7 Å². The zero-order valence-corrected chi connectivity index (χ0v) is 20.2. The van der Waals surface area contributed by atoms with Crippen LogP contribution in [0, 0.1) is 5.82 Å². The number of piperazine rings is 1. The summed E-state index contributed by atoms with van der Waals surface area (Å²) in [6.07, 6.45) is 0. The van der Waals surface area contributed by atoms with Gasteiger partial charge in [-0.3, -0.25) is 9.69 Å². The van der Waals surface area contributed by atoms with Gasteiger partial charge < -0.3 is 9.64 Å². The third-order valence-electron chi connectivity index (χ3n) is 6.70. The number of nitrogens with zero attached hydrogens (tertiary/aromatic N) is 3. The number of hydrogen-bond donors (Lipinski definition) is 0. The van der Waals surface area contributed by atoms with E-state index in [-0.39, 0.29) is 37.8 Å². The zero-order chi connectivity index (χ0) is 24.4. The number of benzene rings is 3. The van der Waals surface area contributed by atoms with Crippen molar-refractivity contribution < 1.29 is 22.3 Å². The van der Waals surface area contributed by atoms with E-state index in [9.17, 15) is 17.6 Å². The van der Waals surface area contributed by atoms with Crippen LogP contribution >= 0.6 is 0 Å². The number of amides is 1. The van der Waals surface area contributed by atoms with Gasteiger partial charge in [0.25, 0.3) is 5.91 Å². The van der Waals surface area contributed by atoms with Crippen molar-refractivity contribution in [3.8, 4) is 0 Å². The molecule has 0 bridgehead atoms. The van der Waals surface area contributed by atoms with E-state index in [1.54, 1.807) is 4.90 Å². The van der Waals surface area contributed by atoms with Crippen molar-refractivity contribution in [3.05, 3.63) is 77.6 Å². The molecule has 0 saturated carbocycles. The van der Waals surface area contributed by atoms with Crippen LogP contribution in [-0.4, -0.2) is 80.9 Å². The van der Waals surface area contributed by atoms with Gasteiger partial charge in [0, 0.05) is 51.4 Å². The fourth-order valence-electron chi connectivity index (χ4n) is 4.72. The van der Waals surface area contributed by atoms with Gasteiger partial charge in [0.15, 0.2) is 0 Å². The summed E-state index contributed by atoms with van der Waals surface area (Å²) in [4.78, 5) is 16.7. The number of ether oxygens (including phenoxy) is 1. The van der Waals surface area contributed by atoms with Crippen LogP contribution in [-0.2, 0) is 21.3 Å². The van der Waals surface area contributed by atoms with Gasteiger partial charge in [-0.25, -0.2) is 12.8 Å². The third-order valence-corrected chi connectivity index (χ3v) is 8.61. The SMILES string of the molecule is O=C(c1ccc(F)c(S(=O)(=O)N2CCOCC2)c1)N1CCN(Cc2cccc3ccccc23)CC1. The number of fused-ring (bicyclic) bond motifs is 1. The summed E-state index contributed by atoms with van der Waals surface area (Å²) in [5.74, 6) is -1.14. The molecule has 9 heteroatoms. The van der Waals surface area contributed by atoms with Crippen molar-refractivity contribution in [2.24, 2.45) is 0 Å². The maximum absolute atomic E-state index is 14.5. The molecule has 7 nitrogen and oxygen atoms in total. The molecule has 1 amide bonds. The monoisotopic (exact) mass is 497 g/mol. The van der Waals surface area contributed by atoms with Gasteiger partial charge in [0.2, 0.25) is 10.0 Å². The predicted molar refractivity (Wildman–Crippen MR) is 131 cm³/mol. The Balaban J connectivity index is 1.27. The average Bonchev–Trinajstić information content (AvgIpc) is 2.90. The first kappa shape index (κ1) is 23.9. The molecule has 2 aliphatic heterocycles. The minimum Gasteiger partial charge on any atom is -0.379 e. The second kappa shape index (κ2) is 10.0. The van der Waals surface area contributed by atoms with Gasteiger partial charge in [0.1, 0.15) is 10.7 Å². The predicted octanol–water partition coefficient (Wildman–Crippen LogP) is 2.96. The Kier molecular flexibility index (Phi) is 6.84. The van der Waals surface area contributed by atoms with E-state index in [4.69, 9.17) is 4.74 Å². The molecule has 0 aliphatic carbocycles. The van der Waals surface area contributed by atoms with E-state index in [0.29, 0.717) is 26.2 Å². The molecule has 184 valence electrons. The largest absolute Gasteiger partial charge is 0.379 e. The van der Waals surface area contributed by atoms with E-state index >= 15 is 0 Å². The first-order valence-corrected chi connectivity index (χ1v) is 13.2. The molecule has 2 saturated heterocycles. The number of rotatable bonds is 5. The minimum atomic E-state index is -4.04. The summed E-state index contributed by atoms with van der Waals surface area (Å²) in [5.41, 5.74) is 1.43. The summed E-state index contributed by atoms with van der Waals surface area (Å²) in [6, 6.07) is 18.2. The van der Waals surface area contributed by atoms with Gasteiger partial charge in [-0.1, -0.05) is 42.5 Å². The molecule has 0 radical (unpaired) electrons. The van der Waals surface area contributed by atoms with Gasteiger partial charge >= 0.3 is 0 Å². The second-order valence-corrected chi connectivity index (χ2v) is 10.8. The van der Waals surface area contributed by atoms with E-state index in [1.165, 1.54) is 32.8 Å². The van der Waals surface area contributed by atoms with E-state index in [2.05, 4.69) is 35.2 Å². The molecule has 35 heavy (non-hydrogen) atoms. The van der Waals surface area contributed by atoms with Crippen molar-refractivity contribution in [2.75, 3.05) is 52.5 Å². The lowest BCUT2D eigenvalue weighted by atomic mass is 10.0. The number of halogens is 1. The van der Waals surface area contributed by atoms with Crippen molar-refractivity contribution in [3.63, 3.8) is 0 Å². The zero-order valence-electron chi connectivity index (χ0n) is 19.4. The quantitative estimate of drug-likeness (QED) is 0.542. The van der Waals surface area contributed by atoms with Crippen molar-refractivity contribution in [1.82, 2.24) is 14.1 Å². The Bertz CT molecular complexity index is 1330. The molecule has 0 aromatic heterocycles. The van der Waals surface area contributed by atoms with Crippen molar-refractivity contribution >= 4 is 26.7 Å². The van der Waals surface area contributed by atoms with Crippen molar-refractivity contribution in [1.29, 1.82) is 0 Å². The lowest BCUT2D eigenvalue weighted by Crippen LogP contribution is -2.48. The highest BCUT2D eigenvalue weighted by atomic mass is 32.2. The maximum Gasteiger partial charge on any atom is 0.253 e. The van der Waals surface area contributed by atoms with Crippen LogP contribution < -0.4 is 0 Å². The smallest absolute Gasteiger partial charge is 0.253 e.